The number of benzene rings is 1. The summed E-state index contributed by atoms with van der Waals surface area (Å²) >= 11 is 0. The molecule has 1 fully saturated rings. The lowest BCUT2D eigenvalue weighted by Crippen LogP contribution is -2.55. The number of carbonyl (C=O) groups is 2. The molecule has 1 aliphatic heterocycles. The van der Waals surface area contributed by atoms with Gasteiger partial charge in [-0.25, -0.2) is 4.79 Å². The first-order chi connectivity index (χ1) is 13.6. The SMILES string of the molecule is CC(C(=O)NC(=O)NCc1ccccc1)N1CCN(Cc2ccccn2)CC1. The topological polar surface area (TPSA) is 77.6 Å². The summed E-state index contributed by atoms with van der Waals surface area (Å²) in [5, 5.41) is 5.16. The summed E-state index contributed by atoms with van der Waals surface area (Å²) < 4.78 is 0. The zero-order valence-electron chi connectivity index (χ0n) is 16.2. The lowest BCUT2D eigenvalue weighted by Gasteiger charge is -2.37. The van der Waals surface area contributed by atoms with Crippen LogP contribution in [-0.4, -0.2) is 58.9 Å². The summed E-state index contributed by atoms with van der Waals surface area (Å²) in [6, 6.07) is 14.7. The summed E-state index contributed by atoms with van der Waals surface area (Å²) in [6.45, 7) is 6.36. The third kappa shape index (κ3) is 5.87. The van der Waals surface area contributed by atoms with Gasteiger partial charge in [0.25, 0.3) is 0 Å². The van der Waals surface area contributed by atoms with E-state index in [4.69, 9.17) is 0 Å². The van der Waals surface area contributed by atoms with Crippen LogP contribution in [-0.2, 0) is 17.9 Å². The number of pyridine rings is 1. The molecule has 2 aromatic rings. The molecular weight excluding hydrogens is 354 g/mol. The Hall–Kier alpha value is -2.77. The average Bonchev–Trinajstić information content (AvgIpc) is 2.74. The fourth-order valence-electron chi connectivity index (χ4n) is 3.23. The Morgan fingerprint density at radius 2 is 1.75 bits per heavy atom. The van der Waals surface area contributed by atoms with E-state index in [0.29, 0.717) is 6.54 Å². The smallest absolute Gasteiger partial charge is 0.321 e. The average molecular weight is 381 g/mol. The zero-order valence-corrected chi connectivity index (χ0v) is 16.2. The van der Waals surface area contributed by atoms with Gasteiger partial charge in [-0.15, -0.1) is 0 Å². The Morgan fingerprint density at radius 3 is 2.43 bits per heavy atom. The van der Waals surface area contributed by atoms with Gasteiger partial charge in [0, 0.05) is 45.5 Å². The Kier molecular flexibility index (Phi) is 7.11. The summed E-state index contributed by atoms with van der Waals surface area (Å²) in [5.74, 6) is -0.274. The number of amides is 3. The van der Waals surface area contributed by atoms with Crippen LogP contribution in [0.3, 0.4) is 0 Å². The van der Waals surface area contributed by atoms with Crippen molar-refractivity contribution in [2.75, 3.05) is 26.2 Å². The van der Waals surface area contributed by atoms with Gasteiger partial charge in [0.2, 0.25) is 5.91 Å². The van der Waals surface area contributed by atoms with E-state index in [-0.39, 0.29) is 11.9 Å². The second kappa shape index (κ2) is 9.96. The predicted molar refractivity (Wildman–Crippen MR) is 107 cm³/mol. The molecule has 0 spiro atoms. The molecule has 2 N–H and O–H groups in total. The lowest BCUT2D eigenvalue weighted by molar-refractivity contribution is -0.125. The first-order valence-electron chi connectivity index (χ1n) is 9.61. The number of piperazine rings is 1. The first-order valence-corrected chi connectivity index (χ1v) is 9.61. The van der Waals surface area contributed by atoms with E-state index in [1.54, 1.807) is 6.20 Å². The summed E-state index contributed by atoms with van der Waals surface area (Å²) in [6.07, 6.45) is 1.81. The molecule has 1 aliphatic rings. The lowest BCUT2D eigenvalue weighted by atomic mass is 10.2. The van der Waals surface area contributed by atoms with Gasteiger partial charge in [0.15, 0.2) is 0 Å². The number of nitrogens with zero attached hydrogens (tertiary/aromatic N) is 3. The van der Waals surface area contributed by atoms with E-state index >= 15 is 0 Å². The van der Waals surface area contributed by atoms with Crippen LogP contribution < -0.4 is 10.6 Å². The monoisotopic (exact) mass is 381 g/mol. The van der Waals surface area contributed by atoms with Crippen LogP contribution >= 0.6 is 0 Å². The first kappa shape index (κ1) is 20.0. The van der Waals surface area contributed by atoms with E-state index < -0.39 is 6.03 Å². The molecule has 3 rings (SSSR count). The van der Waals surface area contributed by atoms with Crippen molar-refractivity contribution in [1.82, 2.24) is 25.4 Å². The second-order valence-corrected chi connectivity index (χ2v) is 6.97. The minimum Gasteiger partial charge on any atom is -0.334 e. The summed E-state index contributed by atoms with van der Waals surface area (Å²) in [5.41, 5.74) is 2.04. The highest BCUT2D eigenvalue weighted by molar-refractivity contribution is 5.96. The summed E-state index contributed by atoms with van der Waals surface area (Å²) in [7, 11) is 0. The van der Waals surface area contributed by atoms with Crippen molar-refractivity contribution in [2.45, 2.75) is 26.1 Å². The molecule has 1 aromatic carbocycles. The quantitative estimate of drug-likeness (QED) is 0.795. The third-order valence-corrected chi connectivity index (χ3v) is 4.98. The molecule has 7 nitrogen and oxygen atoms in total. The molecule has 148 valence electrons. The standard InChI is InChI=1S/C21H27N5O2/c1-17(20(27)24-21(28)23-15-18-7-3-2-4-8-18)26-13-11-25(12-14-26)16-19-9-5-6-10-22-19/h2-10,17H,11-16H2,1H3,(H2,23,24,27,28). The van der Waals surface area contributed by atoms with Crippen molar-refractivity contribution in [2.24, 2.45) is 0 Å². The molecule has 0 aliphatic carbocycles. The Balaban J connectivity index is 1.39. The fourth-order valence-corrected chi connectivity index (χ4v) is 3.23. The normalized spacial score (nSPS) is 16.3. The van der Waals surface area contributed by atoms with Gasteiger partial charge in [-0.3, -0.25) is 24.9 Å². The second-order valence-electron chi connectivity index (χ2n) is 6.97. The fraction of sp³-hybridized carbons (Fsp3) is 0.381. The number of nitrogens with one attached hydrogen (secondary N) is 2. The number of rotatable bonds is 6. The largest absolute Gasteiger partial charge is 0.334 e. The zero-order chi connectivity index (χ0) is 19.8. The maximum Gasteiger partial charge on any atom is 0.321 e. The molecule has 3 amide bonds. The van der Waals surface area contributed by atoms with Crippen molar-refractivity contribution in [3.63, 3.8) is 0 Å². The molecule has 1 saturated heterocycles. The van der Waals surface area contributed by atoms with Crippen molar-refractivity contribution in [1.29, 1.82) is 0 Å². The van der Waals surface area contributed by atoms with Gasteiger partial charge >= 0.3 is 6.03 Å². The van der Waals surface area contributed by atoms with Crippen molar-refractivity contribution in [3.8, 4) is 0 Å². The highest BCUT2D eigenvalue weighted by Gasteiger charge is 2.26. The van der Waals surface area contributed by atoms with Gasteiger partial charge in [-0.1, -0.05) is 36.4 Å². The highest BCUT2D eigenvalue weighted by atomic mass is 16.2. The highest BCUT2D eigenvalue weighted by Crippen LogP contribution is 2.09. The van der Waals surface area contributed by atoms with Crippen LogP contribution in [0.15, 0.2) is 54.7 Å². The van der Waals surface area contributed by atoms with Gasteiger partial charge < -0.3 is 5.32 Å². The third-order valence-electron chi connectivity index (χ3n) is 4.98. The molecule has 0 radical (unpaired) electrons. The van der Waals surface area contributed by atoms with Crippen molar-refractivity contribution >= 4 is 11.9 Å². The van der Waals surface area contributed by atoms with Gasteiger partial charge in [-0.2, -0.15) is 0 Å². The molecule has 0 saturated carbocycles. The van der Waals surface area contributed by atoms with E-state index in [2.05, 4.69) is 25.4 Å². The van der Waals surface area contributed by atoms with Gasteiger partial charge in [0.1, 0.15) is 0 Å². The molecule has 1 aromatic heterocycles. The Bertz CT molecular complexity index is 761. The number of hydrogen-bond donors (Lipinski definition) is 2. The maximum atomic E-state index is 12.4. The van der Waals surface area contributed by atoms with Gasteiger partial charge in [0.05, 0.1) is 11.7 Å². The number of hydrogen-bond acceptors (Lipinski definition) is 5. The Labute approximate surface area is 165 Å². The van der Waals surface area contributed by atoms with Crippen LogP contribution in [0, 0.1) is 0 Å². The maximum absolute atomic E-state index is 12.4. The molecule has 1 unspecified atom stereocenters. The van der Waals surface area contributed by atoms with Crippen molar-refractivity contribution in [3.05, 3.63) is 66.0 Å². The number of imide groups is 1. The summed E-state index contributed by atoms with van der Waals surface area (Å²) in [4.78, 5) is 33.2. The Morgan fingerprint density at radius 1 is 1.04 bits per heavy atom. The minimum atomic E-state index is -0.463. The van der Waals surface area contributed by atoms with E-state index in [9.17, 15) is 9.59 Å². The number of aromatic nitrogens is 1. The molecule has 1 atom stereocenters. The molecule has 28 heavy (non-hydrogen) atoms. The van der Waals surface area contributed by atoms with Crippen LogP contribution in [0.1, 0.15) is 18.2 Å². The van der Waals surface area contributed by atoms with Crippen molar-refractivity contribution < 1.29 is 9.59 Å². The van der Waals surface area contributed by atoms with Crippen LogP contribution in [0.2, 0.25) is 0 Å². The van der Waals surface area contributed by atoms with E-state index in [0.717, 1.165) is 44.0 Å². The van der Waals surface area contributed by atoms with Crippen LogP contribution in [0.5, 0.6) is 0 Å². The van der Waals surface area contributed by atoms with E-state index in [1.165, 1.54) is 0 Å². The molecule has 0 bridgehead atoms. The number of carbonyl (C=O) groups excluding carboxylic acids is 2. The number of urea groups is 1. The molecule has 2 heterocycles. The van der Waals surface area contributed by atoms with E-state index in [1.807, 2.05) is 55.5 Å². The minimum absolute atomic E-state index is 0.274. The van der Waals surface area contributed by atoms with Gasteiger partial charge in [-0.05, 0) is 24.6 Å². The molecular formula is C21H27N5O2. The van der Waals surface area contributed by atoms with Crippen LogP contribution in [0.25, 0.3) is 0 Å². The molecule has 7 heteroatoms. The predicted octanol–water partition coefficient (Wildman–Crippen LogP) is 1.61. The van der Waals surface area contributed by atoms with Crippen LogP contribution in [0.4, 0.5) is 4.79 Å².